The molecular weight excluding hydrogens is 889 g/mol. The first-order valence-electron chi connectivity index (χ1n) is 21.6. The SMILES string of the molecule is C=CC(=O)OCCC(O)CCOCCOC(=O)Oc1ccc(C(=O)Oc2ccc3c(c2)C(C)c2cc(OC(=O)c4ccc(OC(=O)OCCOCCC(O)CCOC(=O)C=C)cc4)ccc2-3)cc1. The van der Waals surface area contributed by atoms with Gasteiger partial charge in [0.25, 0.3) is 0 Å². The summed E-state index contributed by atoms with van der Waals surface area (Å²) in [5.74, 6) is -1.62. The van der Waals surface area contributed by atoms with E-state index in [0.29, 0.717) is 24.3 Å². The molecule has 4 aromatic rings. The molecule has 5 rings (SSSR count). The van der Waals surface area contributed by atoms with Gasteiger partial charge >= 0.3 is 36.2 Å². The lowest BCUT2D eigenvalue weighted by atomic mass is 9.99. The van der Waals surface area contributed by atoms with Crippen molar-refractivity contribution >= 4 is 36.2 Å². The number of carbonyl (C=O) groups is 6. The fourth-order valence-electron chi connectivity index (χ4n) is 6.49. The van der Waals surface area contributed by atoms with E-state index in [1.54, 1.807) is 24.3 Å². The van der Waals surface area contributed by atoms with Crippen LogP contribution >= 0.6 is 0 Å². The molecule has 0 aromatic heterocycles. The average Bonchev–Trinajstić information content (AvgIpc) is 3.60. The molecule has 0 radical (unpaired) electrons. The molecule has 4 aromatic carbocycles. The van der Waals surface area contributed by atoms with Crippen molar-refractivity contribution in [3.05, 3.63) is 132 Å². The molecule has 1 aliphatic carbocycles. The van der Waals surface area contributed by atoms with Gasteiger partial charge in [0.15, 0.2) is 0 Å². The first-order valence-corrected chi connectivity index (χ1v) is 21.6. The van der Waals surface area contributed by atoms with Crippen molar-refractivity contribution in [2.75, 3.05) is 52.9 Å². The van der Waals surface area contributed by atoms with Gasteiger partial charge in [-0.05, 0) is 108 Å². The van der Waals surface area contributed by atoms with Crippen LogP contribution in [0.25, 0.3) is 11.1 Å². The zero-order valence-corrected chi connectivity index (χ0v) is 37.3. The number of carbonyl (C=O) groups excluding carboxylic acids is 6. The van der Waals surface area contributed by atoms with Crippen molar-refractivity contribution in [3.8, 4) is 34.1 Å². The summed E-state index contributed by atoms with van der Waals surface area (Å²) in [4.78, 5) is 72.4. The molecule has 2 unspecified atom stereocenters. The molecule has 0 bridgehead atoms. The van der Waals surface area contributed by atoms with E-state index >= 15 is 0 Å². The minimum absolute atomic E-state index is 0.0583. The second-order valence-corrected chi connectivity index (χ2v) is 14.9. The zero-order valence-electron chi connectivity index (χ0n) is 37.3. The Morgan fingerprint density at radius 3 is 1.24 bits per heavy atom. The summed E-state index contributed by atoms with van der Waals surface area (Å²) in [6.07, 6.45) is -0.216. The van der Waals surface area contributed by atoms with E-state index < -0.39 is 48.4 Å². The number of ether oxygens (including phenoxy) is 10. The monoisotopic (exact) mass is 940 g/mol. The van der Waals surface area contributed by atoms with Gasteiger partial charge in [-0.15, -0.1) is 0 Å². The van der Waals surface area contributed by atoms with E-state index in [2.05, 4.69) is 13.2 Å². The fraction of sp³-hybridized carbons (Fsp3) is 0.320. The Morgan fingerprint density at radius 2 is 0.853 bits per heavy atom. The van der Waals surface area contributed by atoms with Crippen molar-refractivity contribution < 1.29 is 86.3 Å². The van der Waals surface area contributed by atoms with Crippen LogP contribution in [0.1, 0.15) is 70.4 Å². The molecule has 0 saturated heterocycles. The van der Waals surface area contributed by atoms with Gasteiger partial charge in [-0.3, -0.25) is 0 Å². The summed E-state index contributed by atoms with van der Waals surface area (Å²) in [5, 5.41) is 19.8. The highest BCUT2D eigenvalue weighted by Crippen LogP contribution is 2.47. The number of hydrogen-bond acceptors (Lipinski definition) is 18. The van der Waals surface area contributed by atoms with E-state index in [-0.39, 0.29) is 94.2 Å². The minimum Gasteiger partial charge on any atom is -0.462 e. The smallest absolute Gasteiger partial charge is 0.462 e. The van der Waals surface area contributed by atoms with Crippen LogP contribution in [0.3, 0.4) is 0 Å². The third kappa shape index (κ3) is 16.5. The maximum absolute atomic E-state index is 13.1. The quantitative estimate of drug-likeness (QED) is 0.0160. The Morgan fingerprint density at radius 1 is 0.485 bits per heavy atom. The molecule has 1 aliphatic rings. The van der Waals surface area contributed by atoms with Crippen molar-refractivity contribution in [2.45, 2.75) is 50.7 Å². The Hall–Kier alpha value is -7.38. The van der Waals surface area contributed by atoms with Gasteiger partial charge in [-0.25, -0.2) is 28.8 Å². The lowest BCUT2D eigenvalue weighted by molar-refractivity contribution is -0.139. The van der Waals surface area contributed by atoms with Gasteiger partial charge in [0, 0.05) is 44.1 Å². The molecule has 68 heavy (non-hydrogen) atoms. The molecule has 2 atom stereocenters. The van der Waals surface area contributed by atoms with Crippen molar-refractivity contribution in [3.63, 3.8) is 0 Å². The molecule has 0 amide bonds. The van der Waals surface area contributed by atoms with Gasteiger partial charge in [-0.2, -0.15) is 0 Å². The Labute approximate surface area is 391 Å². The number of rotatable bonds is 26. The first kappa shape index (κ1) is 51.6. The lowest BCUT2D eigenvalue weighted by Crippen LogP contribution is -2.17. The molecule has 0 aliphatic heterocycles. The van der Waals surface area contributed by atoms with Crippen LogP contribution in [-0.2, 0) is 38.0 Å². The maximum Gasteiger partial charge on any atom is 0.513 e. The molecular formula is C50H52O18. The number of hydrogen-bond donors (Lipinski definition) is 2. The molecule has 0 fully saturated rings. The highest BCUT2D eigenvalue weighted by atomic mass is 16.7. The van der Waals surface area contributed by atoms with Gasteiger partial charge in [0.05, 0.1) is 49.8 Å². The summed E-state index contributed by atoms with van der Waals surface area (Å²) >= 11 is 0. The van der Waals surface area contributed by atoms with Crippen LogP contribution in [0.15, 0.2) is 110 Å². The van der Waals surface area contributed by atoms with E-state index in [9.17, 15) is 39.0 Å². The number of fused-ring (bicyclic) bond motifs is 3. The third-order valence-electron chi connectivity index (χ3n) is 10.1. The van der Waals surface area contributed by atoms with Crippen molar-refractivity contribution in [2.24, 2.45) is 0 Å². The van der Waals surface area contributed by atoms with Gasteiger partial charge in [-0.1, -0.05) is 32.2 Å². The predicted molar refractivity (Wildman–Crippen MR) is 241 cm³/mol. The number of benzene rings is 4. The van der Waals surface area contributed by atoms with Gasteiger partial charge < -0.3 is 57.6 Å². The molecule has 0 saturated carbocycles. The van der Waals surface area contributed by atoms with E-state index in [4.69, 9.17) is 47.4 Å². The Bertz CT molecular complexity index is 2210. The maximum atomic E-state index is 13.1. The normalized spacial score (nSPS) is 13.1. The predicted octanol–water partition coefficient (Wildman–Crippen LogP) is 7.06. The Balaban J connectivity index is 1.000. The van der Waals surface area contributed by atoms with E-state index in [1.807, 2.05) is 19.1 Å². The van der Waals surface area contributed by atoms with Crippen LogP contribution in [0, 0.1) is 0 Å². The van der Waals surface area contributed by atoms with Crippen LogP contribution in [0.4, 0.5) is 9.59 Å². The zero-order chi connectivity index (χ0) is 48.8. The summed E-state index contributed by atoms with van der Waals surface area (Å²) in [6.45, 7) is 9.04. The molecule has 0 heterocycles. The molecule has 360 valence electrons. The van der Waals surface area contributed by atoms with Crippen LogP contribution in [0.5, 0.6) is 23.0 Å². The number of aliphatic hydroxyl groups excluding tert-OH is 2. The summed E-state index contributed by atoms with van der Waals surface area (Å²) in [6, 6.07) is 22.1. The minimum atomic E-state index is -0.970. The molecule has 2 N–H and O–H groups in total. The summed E-state index contributed by atoms with van der Waals surface area (Å²) in [5.41, 5.74) is 4.09. The van der Waals surface area contributed by atoms with Crippen LogP contribution < -0.4 is 18.9 Å². The fourth-order valence-corrected chi connectivity index (χ4v) is 6.49. The number of esters is 4. The topological polar surface area (TPSA) is 235 Å². The second kappa shape index (κ2) is 26.7. The van der Waals surface area contributed by atoms with E-state index in [0.717, 1.165) is 34.4 Å². The molecule has 18 nitrogen and oxygen atoms in total. The largest absolute Gasteiger partial charge is 0.513 e. The van der Waals surface area contributed by atoms with Gasteiger partial charge in [0.1, 0.15) is 36.2 Å². The van der Waals surface area contributed by atoms with Crippen molar-refractivity contribution in [1.82, 2.24) is 0 Å². The third-order valence-corrected chi connectivity index (χ3v) is 10.1. The van der Waals surface area contributed by atoms with Gasteiger partial charge in [0.2, 0.25) is 0 Å². The molecule has 18 heteroatoms. The van der Waals surface area contributed by atoms with E-state index in [1.165, 1.54) is 48.5 Å². The Kier molecular flexibility index (Phi) is 20.3. The average molecular weight is 941 g/mol. The number of aliphatic hydroxyl groups is 2. The summed E-state index contributed by atoms with van der Waals surface area (Å²) in [7, 11) is 0. The molecule has 0 spiro atoms. The summed E-state index contributed by atoms with van der Waals surface area (Å²) < 4.78 is 52.0. The van der Waals surface area contributed by atoms with Crippen LogP contribution in [-0.4, -0.2) is 111 Å². The standard InChI is InChI=1S/C50H52O18/c1-4-45(53)61-24-20-35(51)18-22-59-26-28-63-49(57)67-37-10-6-33(7-11-37)47(55)65-39-14-16-41-42-17-15-40(31-44(42)32(3)43(41)30-39)66-48(56)34-8-12-38(13-9-34)68-50(58)64-29-27-60-23-19-36(52)21-25-62-46(54)5-2/h4-17,30-32,35-36,51-52H,1-2,18-29H2,3H3. The van der Waals surface area contributed by atoms with Crippen LogP contribution in [0.2, 0.25) is 0 Å². The highest BCUT2D eigenvalue weighted by Gasteiger charge is 2.27. The second-order valence-electron chi connectivity index (χ2n) is 14.9. The van der Waals surface area contributed by atoms with Crippen molar-refractivity contribution in [1.29, 1.82) is 0 Å². The lowest BCUT2D eigenvalue weighted by Gasteiger charge is -2.11. The highest BCUT2D eigenvalue weighted by molar-refractivity contribution is 5.92. The first-order chi connectivity index (χ1) is 32.8.